The van der Waals surface area contributed by atoms with Gasteiger partial charge in [-0.1, -0.05) is 0 Å². The molecule has 0 aromatic rings. The Morgan fingerprint density at radius 2 is 1.92 bits per heavy atom. The van der Waals surface area contributed by atoms with E-state index in [1.54, 1.807) is 0 Å². The van der Waals surface area contributed by atoms with Crippen LogP contribution < -0.4 is 0 Å². The van der Waals surface area contributed by atoms with E-state index < -0.39 is 72.3 Å². The van der Waals surface area contributed by atoms with Gasteiger partial charge < -0.3 is 39.0 Å². The molecule has 3 heterocycles. The van der Waals surface area contributed by atoms with E-state index in [0.717, 1.165) is 0 Å². The van der Waals surface area contributed by atoms with Crippen molar-refractivity contribution >= 4 is 10.4 Å². The summed E-state index contributed by atoms with van der Waals surface area (Å²) in [6.07, 6.45) is -9.39. The van der Waals surface area contributed by atoms with E-state index in [9.17, 15) is 23.7 Å². The highest BCUT2D eigenvalue weighted by Crippen LogP contribution is 2.35. The first-order valence-corrected chi connectivity index (χ1v) is 9.33. The Morgan fingerprint density at radius 3 is 2.54 bits per heavy atom. The number of aliphatic hydroxyl groups excluding tert-OH is 3. The number of fused-ring (bicyclic) bond motifs is 2. The van der Waals surface area contributed by atoms with Crippen molar-refractivity contribution in [3.8, 4) is 0 Å². The molecule has 3 fully saturated rings. The van der Waals surface area contributed by atoms with Crippen LogP contribution >= 0.6 is 0 Å². The number of aliphatic hydroxyl groups is 3. The fourth-order valence-corrected chi connectivity index (χ4v) is 3.85. The molecule has 2 bridgehead atoms. The van der Waals surface area contributed by atoms with Gasteiger partial charge in [0.2, 0.25) is 0 Å². The molecule has 0 saturated carbocycles. The Labute approximate surface area is 149 Å². The normalized spacial score (nSPS) is 46.4. The number of ether oxygens (including phenoxy) is 5. The van der Waals surface area contributed by atoms with E-state index in [4.69, 9.17) is 28.2 Å². The molecule has 0 aromatic heterocycles. The summed E-state index contributed by atoms with van der Waals surface area (Å²) in [4.78, 5) is 0. The summed E-state index contributed by atoms with van der Waals surface area (Å²) in [7, 11) is -3.41. The maximum Gasteiger partial charge on any atom is 0.397 e. The predicted octanol–water partition coefficient (Wildman–Crippen LogP) is -2.84. The molecule has 3 rings (SSSR count). The highest BCUT2D eigenvalue weighted by atomic mass is 32.3. The molecule has 26 heavy (non-hydrogen) atoms. The van der Waals surface area contributed by atoms with Crippen LogP contribution in [0.4, 0.5) is 0 Å². The summed E-state index contributed by atoms with van der Waals surface area (Å²) in [5, 5.41) is 29.7. The van der Waals surface area contributed by atoms with Gasteiger partial charge in [0.05, 0.1) is 13.2 Å². The first-order chi connectivity index (χ1) is 12.2. The second-order valence-electron chi connectivity index (χ2n) is 6.26. The molecule has 9 atom stereocenters. The standard InChI is InChI=1S/C13H22O12S/c1-20-13-9(16)11-10(8(23-13)4-21-11)24-12-5(15)2-6(7(3-14)22-12)25-26(17,18)19/h5-16H,2-4H2,1H3,(H,17,18,19)/t5?,6-,7?,8?,9+,10+,11?,12+,13+/m1/s1. The highest BCUT2D eigenvalue weighted by Gasteiger charge is 2.54. The van der Waals surface area contributed by atoms with Crippen LogP contribution in [0.25, 0.3) is 0 Å². The number of hydrogen-bond donors (Lipinski definition) is 4. The van der Waals surface area contributed by atoms with Crippen LogP contribution in [0.15, 0.2) is 0 Å². The van der Waals surface area contributed by atoms with Gasteiger partial charge in [0.15, 0.2) is 12.6 Å². The zero-order valence-electron chi connectivity index (χ0n) is 13.8. The average molecular weight is 402 g/mol. The van der Waals surface area contributed by atoms with Gasteiger partial charge >= 0.3 is 10.4 Å². The van der Waals surface area contributed by atoms with E-state index >= 15 is 0 Å². The summed E-state index contributed by atoms with van der Waals surface area (Å²) in [6.45, 7) is -0.487. The van der Waals surface area contributed by atoms with E-state index in [1.165, 1.54) is 7.11 Å². The van der Waals surface area contributed by atoms with Gasteiger partial charge in [0.25, 0.3) is 0 Å². The minimum absolute atomic E-state index is 0.146. The second-order valence-corrected chi connectivity index (χ2v) is 7.31. The molecule has 13 heteroatoms. The molecule has 0 radical (unpaired) electrons. The van der Waals surface area contributed by atoms with Crippen LogP contribution in [-0.4, -0.2) is 104 Å². The van der Waals surface area contributed by atoms with Crippen molar-refractivity contribution in [2.24, 2.45) is 0 Å². The van der Waals surface area contributed by atoms with Crippen LogP contribution in [-0.2, 0) is 38.3 Å². The molecule has 0 amide bonds. The lowest BCUT2D eigenvalue weighted by Gasteiger charge is -2.42. The molecule has 3 aliphatic rings. The molecule has 0 aromatic carbocycles. The molecule has 4 N–H and O–H groups in total. The van der Waals surface area contributed by atoms with E-state index in [2.05, 4.69) is 4.18 Å². The summed E-state index contributed by atoms with van der Waals surface area (Å²) in [5.41, 5.74) is 0. The first kappa shape index (κ1) is 20.3. The summed E-state index contributed by atoms with van der Waals surface area (Å²) in [5.74, 6) is 0. The van der Waals surface area contributed by atoms with Gasteiger partial charge in [-0.2, -0.15) is 8.42 Å². The van der Waals surface area contributed by atoms with Crippen LogP contribution in [0.3, 0.4) is 0 Å². The van der Waals surface area contributed by atoms with Crippen molar-refractivity contribution in [2.75, 3.05) is 20.3 Å². The van der Waals surface area contributed by atoms with Gasteiger partial charge in [0.1, 0.15) is 42.7 Å². The summed E-state index contributed by atoms with van der Waals surface area (Å²) < 4.78 is 62.0. The summed E-state index contributed by atoms with van der Waals surface area (Å²) >= 11 is 0. The maximum atomic E-state index is 10.9. The topological polar surface area (TPSA) is 170 Å². The first-order valence-electron chi connectivity index (χ1n) is 7.97. The van der Waals surface area contributed by atoms with Crippen molar-refractivity contribution in [3.05, 3.63) is 0 Å². The van der Waals surface area contributed by atoms with Crippen molar-refractivity contribution in [1.29, 1.82) is 0 Å². The molecule has 152 valence electrons. The molecule has 12 nitrogen and oxygen atoms in total. The average Bonchev–Trinajstić information content (AvgIpc) is 2.86. The fraction of sp³-hybridized carbons (Fsp3) is 1.00. The minimum atomic E-state index is -4.79. The highest BCUT2D eigenvalue weighted by molar-refractivity contribution is 7.80. The predicted molar refractivity (Wildman–Crippen MR) is 79.1 cm³/mol. The van der Waals surface area contributed by atoms with Crippen molar-refractivity contribution < 1.29 is 56.2 Å². The molecular weight excluding hydrogens is 380 g/mol. The molecule has 4 unspecified atom stereocenters. The van der Waals surface area contributed by atoms with Crippen LogP contribution in [0.5, 0.6) is 0 Å². The van der Waals surface area contributed by atoms with Crippen molar-refractivity contribution in [1.82, 2.24) is 0 Å². The zero-order valence-corrected chi connectivity index (χ0v) is 14.6. The largest absolute Gasteiger partial charge is 0.397 e. The molecule has 0 spiro atoms. The number of hydrogen-bond acceptors (Lipinski definition) is 11. The Morgan fingerprint density at radius 1 is 1.19 bits per heavy atom. The van der Waals surface area contributed by atoms with E-state index in [-0.39, 0.29) is 13.0 Å². The second kappa shape index (κ2) is 7.89. The molecule has 0 aliphatic carbocycles. The van der Waals surface area contributed by atoms with E-state index in [1.807, 2.05) is 0 Å². The van der Waals surface area contributed by atoms with Gasteiger partial charge in [-0.25, -0.2) is 4.18 Å². The van der Waals surface area contributed by atoms with E-state index in [0.29, 0.717) is 0 Å². The Hall–Kier alpha value is -0.450. The van der Waals surface area contributed by atoms with Crippen LogP contribution in [0.2, 0.25) is 0 Å². The lowest BCUT2D eigenvalue weighted by atomic mass is 10.0. The number of rotatable bonds is 6. The third-order valence-electron chi connectivity index (χ3n) is 4.53. The minimum Gasteiger partial charge on any atom is -0.394 e. The van der Waals surface area contributed by atoms with Crippen LogP contribution in [0.1, 0.15) is 6.42 Å². The van der Waals surface area contributed by atoms with Gasteiger partial charge in [-0.05, 0) is 0 Å². The Kier molecular flexibility index (Phi) is 6.15. The smallest absolute Gasteiger partial charge is 0.394 e. The third-order valence-corrected chi connectivity index (χ3v) is 5.02. The zero-order chi connectivity index (χ0) is 19.1. The summed E-state index contributed by atoms with van der Waals surface area (Å²) in [6, 6.07) is 0. The van der Waals surface area contributed by atoms with Gasteiger partial charge in [0, 0.05) is 13.5 Å². The molecule has 3 saturated heterocycles. The maximum absolute atomic E-state index is 10.9. The molecular formula is C13H22O12S. The Balaban J connectivity index is 1.66. The third kappa shape index (κ3) is 4.18. The quantitative estimate of drug-likeness (QED) is 0.336. The monoisotopic (exact) mass is 402 g/mol. The number of methoxy groups -OCH3 is 1. The lowest BCUT2D eigenvalue weighted by Crippen LogP contribution is -2.58. The Bertz CT molecular complexity index is 584. The van der Waals surface area contributed by atoms with Gasteiger partial charge in [-0.3, -0.25) is 4.55 Å². The SMILES string of the molecule is CO[C@H]1OC2COC([C@H]2O[C@@H]2OC(CO)[C@H](OS(=O)(=O)O)CC2O)[C@@H]1O. The van der Waals surface area contributed by atoms with Crippen molar-refractivity contribution in [3.63, 3.8) is 0 Å². The molecule has 3 aliphatic heterocycles. The lowest BCUT2D eigenvalue weighted by molar-refractivity contribution is -0.321. The van der Waals surface area contributed by atoms with Gasteiger partial charge in [-0.15, -0.1) is 0 Å². The van der Waals surface area contributed by atoms with Crippen molar-refractivity contribution in [2.45, 2.75) is 61.7 Å². The van der Waals surface area contributed by atoms with Crippen LogP contribution in [0, 0.1) is 0 Å². The fourth-order valence-electron chi connectivity index (χ4n) is 3.33.